The number of amides is 1. The van der Waals surface area contributed by atoms with E-state index in [1.807, 2.05) is 0 Å². The van der Waals surface area contributed by atoms with Crippen LogP contribution in [0.15, 0.2) is 4.79 Å². The number of aromatic nitrogens is 3. The molecule has 0 radical (unpaired) electrons. The SMILES string of the molecule is Cc1nnc(C(N)=O)c(=O)[nH]1. The van der Waals surface area contributed by atoms with Crippen LogP contribution in [0.5, 0.6) is 0 Å². The van der Waals surface area contributed by atoms with Gasteiger partial charge in [0.2, 0.25) is 5.69 Å². The normalized spacial score (nSPS) is 9.55. The molecule has 0 unspecified atom stereocenters. The average molecular weight is 154 g/mol. The zero-order chi connectivity index (χ0) is 8.43. The van der Waals surface area contributed by atoms with Gasteiger partial charge in [-0.05, 0) is 6.92 Å². The van der Waals surface area contributed by atoms with Crippen molar-refractivity contribution in [1.29, 1.82) is 0 Å². The summed E-state index contributed by atoms with van der Waals surface area (Å²) in [6, 6.07) is 0. The Labute approximate surface area is 61.5 Å². The lowest BCUT2D eigenvalue weighted by molar-refractivity contribution is 0.0992. The lowest BCUT2D eigenvalue weighted by atomic mass is 10.4. The van der Waals surface area contributed by atoms with E-state index in [-0.39, 0.29) is 5.69 Å². The number of carbonyl (C=O) groups is 1. The second-order valence-electron chi connectivity index (χ2n) is 1.95. The van der Waals surface area contributed by atoms with Crippen LogP contribution in [0.3, 0.4) is 0 Å². The van der Waals surface area contributed by atoms with E-state index in [0.717, 1.165) is 0 Å². The zero-order valence-corrected chi connectivity index (χ0v) is 5.79. The topological polar surface area (TPSA) is 102 Å². The summed E-state index contributed by atoms with van der Waals surface area (Å²) in [6.45, 7) is 1.55. The maximum absolute atomic E-state index is 10.8. The van der Waals surface area contributed by atoms with Gasteiger partial charge in [0.05, 0.1) is 0 Å². The number of hydrogen-bond acceptors (Lipinski definition) is 4. The molecular formula is C5H6N4O2. The third-order valence-electron chi connectivity index (χ3n) is 1.04. The number of nitrogens with one attached hydrogen (secondary N) is 1. The Balaban J connectivity index is 3.32. The number of rotatable bonds is 1. The highest BCUT2D eigenvalue weighted by Crippen LogP contribution is 1.79. The molecule has 6 nitrogen and oxygen atoms in total. The first-order valence-electron chi connectivity index (χ1n) is 2.84. The molecular weight excluding hydrogens is 148 g/mol. The molecule has 58 valence electrons. The van der Waals surface area contributed by atoms with Gasteiger partial charge in [0.15, 0.2) is 0 Å². The highest BCUT2D eigenvalue weighted by molar-refractivity contribution is 5.90. The van der Waals surface area contributed by atoms with Crippen molar-refractivity contribution >= 4 is 5.91 Å². The fraction of sp³-hybridized carbons (Fsp3) is 0.200. The van der Waals surface area contributed by atoms with Crippen LogP contribution < -0.4 is 11.3 Å². The molecule has 1 aromatic heterocycles. The fourth-order valence-electron chi connectivity index (χ4n) is 0.580. The quantitative estimate of drug-likeness (QED) is 0.517. The number of hydrogen-bond donors (Lipinski definition) is 2. The lowest BCUT2D eigenvalue weighted by Crippen LogP contribution is -2.26. The van der Waals surface area contributed by atoms with E-state index in [4.69, 9.17) is 5.73 Å². The molecule has 0 saturated carbocycles. The number of nitrogens with two attached hydrogens (primary N) is 1. The molecule has 6 heteroatoms. The Morgan fingerprint density at radius 1 is 1.55 bits per heavy atom. The standard InChI is InChI=1S/C5H6N4O2/c1-2-7-5(11)3(4(6)10)9-8-2/h1H3,(H2,6,10)(H,7,8,11). The van der Waals surface area contributed by atoms with Gasteiger partial charge < -0.3 is 10.7 Å². The van der Waals surface area contributed by atoms with Crippen molar-refractivity contribution in [2.24, 2.45) is 5.73 Å². The second-order valence-corrected chi connectivity index (χ2v) is 1.95. The molecule has 0 aromatic carbocycles. The molecule has 0 atom stereocenters. The van der Waals surface area contributed by atoms with Crippen LogP contribution >= 0.6 is 0 Å². The number of aromatic amines is 1. The third-order valence-corrected chi connectivity index (χ3v) is 1.04. The molecule has 0 aliphatic carbocycles. The third kappa shape index (κ3) is 1.40. The largest absolute Gasteiger partial charge is 0.364 e. The van der Waals surface area contributed by atoms with E-state index in [2.05, 4.69) is 15.2 Å². The molecule has 1 heterocycles. The van der Waals surface area contributed by atoms with Crippen molar-refractivity contribution < 1.29 is 4.79 Å². The maximum Gasteiger partial charge on any atom is 0.282 e. The first-order valence-corrected chi connectivity index (χ1v) is 2.84. The van der Waals surface area contributed by atoms with E-state index in [1.54, 1.807) is 6.92 Å². The minimum absolute atomic E-state index is 0.347. The van der Waals surface area contributed by atoms with Gasteiger partial charge in [-0.3, -0.25) is 9.59 Å². The Kier molecular flexibility index (Phi) is 1.67. The summed E-state index contributed by atoms with van der Waals surface area (Å²) in [5.41, 5.74) is 3.83. The minimum atomic E-state index is -0.876. The molecule has 1 amide bonds. The van der Waals surface area contributed by atoms with Crippen molar-refractivity contribution in [3.8, 4) is 0 Å². The van der Waals surface area contributed by atoms with E-state index in [0.29, 0.717) is 5.82 Å². The van der Waals surface area contributed by atoms with Gasteiger partial charge in [-0.2, -0.15) is 0 Å². The van der Waals surface area contributed by atoms with Crippen LogP contribution in [0.4, 0.5) is 0 Å². The number of H-pyrrole nitrogens is 1. The predicted molar refractivity (Wildman–Crippen MR) is 35.9 cm³/mol. The highest BCUT2D eigenvalue weighted by atomic mass is 16.2. The predicted octanol–water partition coefficient (Wildman–Crippen LogP) is -1.43. The van der Waals surface area contributed by atoms with Crippen LogP contribution in [0.25, 0.3) is 0 Å². The summed E-state index contributed by atoms with van der Waals surface area (Å²) in [5, 5.41) is 6.76. The lowest BCUT2D eigenvalue weighted by Gasteiger charge is -1.91. The first kappa shape index (κ1) is 7.39. The van der Waals surface area contributed by atoms with Gasteiger partial charge in [-0.25, -0.2) is 0 Å². The van der Waals surface area contributed by atoms with Crippen LogP contribution in [-0.2, 0) is 0 Å². The highest BCUT2D eigenvalue weighted by Gasteiger charge is 2.07. The Morgan fingerprint density at radius 3 is 2.64 bits per heavy atom. The molecule has 0 aliphatic heterocycles. The van der Waals surface area contributed by atoms with Gasteiger partial charge >= 0.3 is 0 Å². The summed E-state index contributed by atoms with van der Waals surface area (Å²) in [7, 11) is 0. The smallest absolute Gasteiger partial charge is 0.282 e. The molecule has 0 spiro atoms. The van der Waals surface area contributed by atoms with Gasteiger partial charge in [0.25, 0.3) is 11.5 Å². The summed E-state index contributed by atoms with van der Waals surface area (Å²) < 4.78 is 0. The van der Waals surface area contributed by atoms with Crippen molar-refractivity contribution in [1.82, 2.24) is 15.2 Å². The Hall–Kier alpha value is -1.72. The molecule has 1 rings (SSSR count). The van der Waals surface area contributed by atoms with Crippen LogP contribution in [0, 0.1) is 6.92 Å². The average Bonchev–Trinajstić information content (AvgIpc) is 1.85. The van der Waals surface area contributed by atoms with Gasteiger partial charge in [0.1, 0.15) is 5.82 Å². The summed E-state index contributed by atoms with van der Waals surface area (Å²) in [5.74, 6) is -0.529. The molecule has 0 bridgehead atoms. The van der Waals surface area contributed by atoms with E-state index >= 15 is 0 Å². The number of carbonyl (C=O) groups excluding carboxylic acids is 1. The zero-order valence-electron chi connectivity index (χ0n) is 5.79. The van der Waals surface area contributed by atoms with Crippen molar-refractivity contribution in [2.45, 2.75) is 6.92 Å². The Bertz CT molecular complexity index is 343. The second kappa shape index (κ2) is 2.49. The maximum atomic E-state index is 10.8. The number of primary amides is 1. The molecule has 1 aromatic rings. The van der Waals surface area contributed by atoms with Crippen LogP contribution in [0.2, 0.25) is 0 Å². The summed E-state index contributed by atoms with van der Waals surface area (Å²) >= 11 is 0. The van der Waals surface area contributed by atoms with E-state index in [1.165, 1.54) is 0 Å². The summed E-state index contributed by atoms with van der Waals surface area (Å²) in [6.07, 6.45) is 0. The molecule has 11 heavy (non-hydrogen) atoms. The van der Waals surface area contributed by atoms with Crippen LogP contribution in [0.1, 0.15) is 16.3 Å². The minimum Gasteiger partial charge on any atom is -0.364 e. The summed E-state index contributed by atoms with van der Waals surface area (Å²) in [4.78, 5) is 23.5. The van der Waals surface area contributed by atoms with E-state index in [9.17, 15) is 9.59 Å². The molecule has 0 aliphatic rings. The molecule has 0 saturated heterocycles. The van der Waals surface area contributed by atoms with Crippen molar-refractivity contribution in [3.63, 3.8) is 0 Å². The van der Waals surface area contributed by atoms with Crippen LogP contribution in [-0.4, -0.2) is 21.1 Å². The van der Waals surface area contributed by atoms with Crippen molar-refractivity contribution in [2.75, 3.05) is 0 Å². The fourth-order valence-corrected chi connectivity index (χ4v) is 0.580. The number of nitrogens with zero attached hydrogens (tertiary/aromatic N) is 2. The number of aryl methyl sites for hydroxylation is 1. The van der Waals surface area contributed by atoms with Gasteiger partial charge in [-0.1, -0.05) is 0 Å². The monoisotopic (exact) mass is 154 g/mol. The molecule has 0 fully saturated rings. The van der Waals surface area contributed by atoms with Gasteiger partial charge in [0, 0.05) is 0 Å². The van der Waals surface area contributed by atoms with Gasteiger partial charge in [-0.15, -0.1) is 10.2 Å². The van der Waals surface area contributed by atoms with Crippen molar-refractivity contribution in [3.05, 3.63) is 21.9 Å². The molecule has 3 N–H and O–H groups in total. The first-order chi connectivity index (χ1) is 5.11. The van der Waals surface area contributed by atoms with E-state index < -0.39 is 11.5 Å². The Morgan fingerprint density at radius 2 is 2.18 bits per heavy atom.